The van der Waals surface area contributed by atoms with E-state index in [2.05, 4.69) is 21.2 Å². The van der Waals surface area contributed by atoms with E-state index in [0.717, 1.165) is 16.1 Å². The SMILES string of the molecule is C#CCn1c(=O)n([C@@H]2O[C@H]([C@H](CF)CC(=O)O)C[C@H]2OC(C)=O)c2nc(NC(C)=O)[nH]c(=O)c21. The Labute approximate surface area is 190 Å². The van der Waals surface area contributed by atoms with Crippen LogP contribution in [0, 0.1) is 18.3 Å². The van der Waals surface area contributed by atoms with E-state index >= 15 is 0 Å². The molecule has 4 atom stereocenters. The molecule has 3 rings (SSSR count). The summed E-state index contributed by atoms with van der Waals surface area (Å²) in [5, 5.41) is 11.4. The van der Waals surface area contributed by atoms with Crippen molar-refractivity contribution in [3.8, 4) is 12.3 Å². The highest BCUT2D eigenvalue weighted by Gasteiger charge is 2.44. The van der Waals surface area contributed by atoms with E-state index in [4.69, 9.17) is 21.0 Å². The number of carbonyl (C=O) groups excluding carboxylic acids is 2. The number of hydrogen-bond acceptors (Lipinski definition) is 8. The molecular weight excluding hydrogens is 457 g/mol. The normalized spacial score (nSPS) is 20.6. The van der Waals surface area contributed by atoms with Crippen LogP contribution in [0.5, 0.6) is 0 Å². The molecule has 1 aliphatic rings. The number of nitrogens with one attached hydrogen (secondary N) is 2. The van der Waals surface area contributed by atoms with Gasteiger partial charge in [0.1, 0.15) is 6.10 Å². The maximum atomic E-state index is 13.6. The number of halogens is 1. The van der Waals surface area contributed by atoms with Gasteiger partial charge < -0.3 is 14.6 Å². The Morgan fingerprint density at radius 2 is 2.12 bits per heavy atom. The number of esters is 1. The van der Waals surface area contributed by atoms with Gasteiger partial charge in [0.2, 0.25) is 11.9 Å². The molecule has 1 saturated heterocycles. The second kappa shape index (κ2) is 9.87. The number of anilines is 1. The van der Waals surface area contributed by atoms with Crippen molar-refractivity contribution in [2.75, 3.05) is 12.0 Å². The van der Waals surface area contributed by atoms with Crippen molar-refractivity contribution >= 4 is 35.0 Å². The van der Waals surface area contributed by atoms with Crippen LogP contribution in [0.1, 0.15) is 32.9 Å². The Bertz CT molecular complexity index is 1290. The Hall–Kier alpha value is -3.99. The van der Waals surface area contributed by atoms with Gasteiger partial charge in [-0.05, 0) is 0 Å². The third-order valence-electron chi connectivity index (χ3n) is 5.18. The van der Waals surface area contributed by atoms with E-state index in [9.17, 15) is 28.4 Å². The summed E-state index contributed by atoms with van der Waals surface area (Å²) in [7, 11) is 0. The molecule has 0 unspecified atom stereocenters. The zero-order valence-electron chi connectivity index (χ0n) is 18.2. The molecule has 0 bridgehead atoms. The number of imidazole rings is 1. The number of aromatic nitrogens is 4. The maximum absolute atomic E-state index is 13.6. The van der Waals surface area contributed by atoms with Crippen LogP contribution in [-0.2, 0) is 30.4 Å². The number of ether oxygens (including phenoxy) is 2. The number of fused-ring (bicyclic) bond motifs is 1. The van der Waals surface area contributed by atoms with Crippen molar-refractivity contribution < 1.29 is 33.4 Å². The van der Waals surface area contributed by atoms with Crippen LogP contribution in [0.15, 0.2) is 9.59 Å². The molecule has 182 valence electrons. The summed E-state index contributed by atoms with van der Waals surface area (Å²) in [6.07, 6.45) is 1.16. The zero-order valence-corrected chi connectivity index (χ0v) is 18.2. The molecular formula is C20H22FN5O8. The molecule has 1 aliphatic heterocycles. The number of carbonyl (C=O) groups is 3. The summed E-state index contributed by atoms with van der Waals surface area (Å²) in [5.41, 5.74) is -2.07. The highest BCUT2D eigenvalue weighted by molar-refractivity contribution is 5.87. The van der Waals surface area contributed by atoms with Gasteiger partial charge in [-0.25, -0.2) is 9.36 Å². The molecule has 0 aromatic carbocycles. The smallest absolute Gasteiger partial charge is 0.333 e. The van der Waals surface area contributed by atoms with Crippen molar-refractivity contribution in [2.24, 2.45) is 5.92 Å². The lowest BCUT2D eigenvalue weighted by atomic mass is 9.97. The molecule has 2 aromatic rings. The van der Waals surface area contributed by atoms with Gasteiger partial charge in [-0.15, -0.1) is 6.42 Å². The minimum absolute atomic E-state index is 0.109. The number of terminal acetylenes is 1. The van der Waals surface area contributed by atoms with E-state index in [1.807, 2.05) is 0 Å². The minimum Gasteiger partial charge on any atom is -0.481 e. The Balaban J connectivity index is 2.20. The highest BCUT2D eigenvalue weighted by atomic mass is 19.1. The number of aromatic amines is 1. The zero-order chi connectivity index (χ0) is 25.2. The van der Waals surface area contributed by atoms with E-state index in [1.54, 1.807) is 0 Å². The van der Waals surface area contributed by atoms with Crippen molar-refractivity contribution in [3.05, 3.63) is 20.8 Å². The van der Waals surface area contributed by atoms with Crippen molar-refractivity contribution in [1.29, 1.82) is 0 Å². The summed E-state index contributed by atoms with van der Waals surface area (Å²) in [6, 6.07) is 0. The van der Waals surface area contributed by atoms with Crippen LogP contribution in [0.3, 0.4) is 0 Å². The quantitative estimate of drug-likeness (QED) is 0.341. The fourth-order valence-corrected chi connectivity index (χ4v) is 3.90. The average molecular weight is 479 g/mol. The van der Waals surface area contributed by atoms with Crippen molar-refractivity contribution in [1.82, 2.24) is 19.1 Å². The lowest BCUT2D eigenvalue weighted by Gasteiger charge is -2.20. The summed E-state index contributed by atoms with van der Waals surface area (Å²) >= 11 is 0. The number of carboxylic acids is 1. The van der Waals surface area contributed by atoms with Crippen LogP contribution in [0.25, 0.3) is 11.2 Å². The first-order chi connectivity index (χ1) is 16.1. The standard InChI is InChI=1S/C20H22FN5O8/c1-4-5-25-15-16(23-19(22-9(2)27)24-17(15)31)26(20(25)32)18-13(33-10(3)28)7-12(34-18)11(8-21)6-14(29)30/h1,11-13,18H,5-8H2,2-3H3,(H,29,30)(H2,22,23,24,27,31)/t11-,12-,13+,18+/m0/s1. The number of amides is 1. The molecule has 3 N–H and O–H groups in total. The number of alkyl halides is 1. The van der Waals surface area contributed by atoms with Gasteiger partial charge in [0, 0.05) is 26.2 Å². The number of H-pyrrole nitrogens is 1. The lowest BCUT2D eigenvalue weighted by Crippen LogP contribution is -2.33. The third kappa shape index (κ3) is 4.84. The Kier molecular flexibility index (Phi) is 7.16. The van der Waals surface area contributed by atoms with Gasteiger partial charge in [0.05, 0.1) is 25.7 Å². The summed E-state index contributed by atoms with van der Waals surface area (Å²) in [4.78, 5) is 66.7. The van der Waals surface area contributed by atoms with Crippen LogP contribution in [-0.4, -0.2) is 60.9 Å². The molecule has 0 aliphatic carbocycles. The third-order valence-corrected chi connectivity index (χ3v) is 5.18. The number of aliphatic carboxylic acids is 1. The number of nitrogens with zero attached hydrogens (tertiary/aromatic N) is 3. The molecule has 1 fully saturated rings. The lowest BCUT2D eigenvalue weighted by molar-refractivity contribution is -0.152. The topological polar surface area (TPSA) is 175 Å². The molecule has 0 spiro atoms. The fraction of sp³-hybridized carbons (Fsp3) is 0.500. The maximum Gasteiger partial charge on any atom is 0.333 e. The first-order valence-electron chi connectivity index (χ1n) is 10.1. The van der Waals surface area contributed by atoms with Crippen molar-refractivity contribution in [2.45, 2.75) is 51.7 Å². The Morgan fingerprint density at radius 3 is 2.68 bits per heavy atom. The van der Waals surface area contributed by atoms with Gasteiger partial charge in [-0.2, -0.15) is 4.98 Å². The van der Waals surface area contributed by atoms with E-state index in [0.29, 0.717) is 0 Å². The number of carboxylic acid groups (broad SMARTS) is 1. The van der Waals surface area contributed by atoms with E-state index in [1.165, 1.54) is 6.92 Å². The molecule has 13 nitrogen and oxygen atoms in total. The predicted molar refractivity (Wildman–Crippen MR) is 114 cm³/mol. The van der Waals surface area contributed by atoms with E-state index < -0.39 is 66.5 Å². The van der Waals surface area contributed by atoms with E-state index in [-0.39, 0.29) is 30.1 Å². The van der Waals surface area contributed by atoms with Crippen molar-refractivity contribution in [3.63, 3.8) is 0 Å². The van der Waals surface area contributed by atoms with Crippen LogP contribution in [0.2, 0.25) is 0 Å². The second-order valence-electron chi connectivity index (χ2n) is 7.67. The number of hydrogen-bond donors (Lipinski definition) is 3. The largest absolute Gasteiger partial charge is 0.481 e. The molecule has 2 aromatic heterocycles. The molecule has 34 heavy (non-hydrogen) atoms. The molecule has 0 saturated carbocycles. The monoisotopic (exact) mass is 479 g/mol. The fourth-order valence-electron chi connectivity index (χ4n) is 3.90. The van der Waals surface area contributed by atoms with Gasteiger partial charge >= 0.3 is 17.6 Å². The highest BCUT2D eigenvalue weighted by Crippen LogP contribution is 2.36. The number of rotatable bonds is 8. The van der Waals surface area contributed by atoms with Crippen LogP contribution < -0.4 is 16.6 Å². The van der Waals surface area contributed by atoms with Gasteiger partial charge in [-0.3, -0.25) is 38.4 Å². The first-order valence-corrected chi connectivity index (χ1v) is 10.1. The summed E-state index contributed by atoms with van der Waals surface area (Å²) in [5.74, 6) is -1.61. The molecule has 1 amide bonds. The molecule has 14 heteroatoms. The average Bonchev–Trinajstić information content (AvgIpc) is 3.24. The molecule has 3 heterocycles. The Morgan fingerprint density at radius 1 is 1.41 bits per heavy atom. The predicted octanol–water partition coefficient (Wildman–Crippen LogP) is -0.242. The van der Waals surface area contributed by atoms with Crippen LogP contribution >= 0.6 is 0 Å². The minimum atomic E-state index is -1.37. The van der Waals surface area contributed by atoms with Gasteiger partial charge in [0.25, 0.3) is 5.56 Å². The molecule has 0 radical (unpaired) electrons. The van der Waals surface area contributed by atoms with Crippen LogP contribution in [0.4, 0.5) is 10.3 Å². The summed E-state index contributed by atoms with van der Waals surface area (Å²) < 4.78 is 26.6. The first kappa shape index (κ1) is 24.6. The summed E-state index contributed by atoms with van der Waals surface area (Å²) in [6.45, 7) is 0.958. The van der Waals surface area contributed by atoms with Gasteiger partial charge in [0.15, 0.2) is 17.4 Å². The van der Waals surface area contributed by atoms with Gasteiger partial charge in [-0.1, -0.05) is 5.92 Å². The second-order valence-corrected chi connectivity index (χ2v) is 7.67.